The highest BCUT2D eigenvalue weighted by Gasteiger charge is 2.22. The Labute approximate surface area is 202 Å². The molecule has 1 aliphatic heterocycles. The minimum atomic E-state index is -1.38. The van der Waals surface area contributed by atoms with Gasteiger partial charge in [0.1, 0.15) is 22.8 Å². The Morgan fingerprint density at radius 2 is 1.67 bits per heavy atom. The van der Waals surface area contributed by atoms with Crippen LogP contribution in [0.15, 0.2) is 54.9 Å². The van der Waals surface area contributed by atoms with E-state index in [4.69, 9.17) is 4.74 Å². The molecule has 1 N–H and O–H groups in total. The van der Waals surface area contributed by atoms with Gasteiger partial charge in [0, 0.05) is 30.4 Å². The molecular weight excluding hydrogens is 475 g/mol. The van der Waals surface area contributed by atoms with Crippen LogP contribution in [0.25, 0.3) is 11.0 Å². The first-order valence-corrected chi connectivity index (χ1v) is 11.0. The molecule has 1 saturated heterocycles. The third-order valence-corrected chi connectivity index (χ3v) is 5.62. The standard InChI is InChI=1S/C25H18F3N5O3/c26-15-3-1-14(2-4-15)25(35)31-16-9-17(23(28)18(27)10-16)24(34)20-11-19-21(12-29-20)30-13-22(32-19)33-5-7-36-8-6-33/h1-4,9-13H,5-8H2,(H,31,35). The molecule has 2 aromatic carbocycles. The van der Waals surface area contributed by atoms with Crippen molar-refractivity contribution in [3.8, 4) is 0 Å². The molecule has 1 fully saturated rings. The van der Waals surface area contributed by atoms with Crippen LogP contribution in [0, 0.1) is 17.5 Å². The van der Waals surface area contributed by atoms with E-state index in [0.717, 1.165) is 24.3 Å². The van der Waals surface area contributed by atoms with Crippen molar-refractivity contribution < 1.29 is 27.5 Å². The number of carbonyl (C=O) groups excluding carboxylic acids is 2. The van der Waals surface area contributed by atoms with Crippen molar-refractivity contribution in [1.29, 1.82) is 0 Å². The van der Waals surface area contributed by atoms with Crippen molar-refractivity contribution >= 4 is 34.2 Å². The fourth-order valence-electron chi connectivity index (χ4n) is 3.74. The van der Waals surface area contributed by atoms with Gasteiger partial charge in [0.15, 0.2) is 11.6 Å². The Hall–Kier alpha value is -4.38. The summed E-state index contributed by atoms with van der Waals surface area (Å²) in [6.45, 7) is 2.38. The highest BCUT2D eigenvalue weighted by Crippen LogP contribution is 2.23. The van der Waals surface area contributed by atoms with E-state index in [-0.39, 0.29) is 16.9 Å². The third-order valence-electron chi connectivity index (χ3n) is 5.62. The van der Waals surface area contributed by atoms with Crippen LogP contribution in [0.3, 0.4) is 0 Å². The molecule has 182 valence electrons. The zero-order valence-electron chi connectivity index (χ0n) is 18.7. The van der Waals surface area contributed by atoms with Crippen molar-refractivity contribution in [3.63, 3.8) is 0 Å². The lowest BCUT2D eigenvalue weighted by Gasteiger charge is -2.27. The number of halogens is 3. The molecule has 1 aliphatic rings. The van der Waals surface area contributed by atoms with E-state index in [0.29, 0.717) is 43.2 Å². The maximum Gasteiger partial charge on any atom is 0.255 e. The SMILES string of the molecule is O=C(Nc1cc(F)c(F)c(C(=O)c2cc3nc(N4CCOCC4)cnc3cn2)c1)c1ccc(F)cc1. The molecule has 0 aliphatic carbocycles. The smallest absolute Gasteiger partial charge is 0.255 e. The maximum atomic E-state index is 14.6. The summed E-state index contributed by atoms with van der Waals surface area (Å²) in [6, 6.07) is 7.78. The molecule has 0 bridgehead atoms. The number of aromatic nitrogens is 3. The Balaban J connectivity index is 1.44. The number of ketones is 1. The summed E-state index contributed by atoms with van der Waals surface area (Å²) in [5, 5.41) is 2.39. The fraction of sp³-hybridized carbons (Fsp3) is 0.160. The van der Waals surface area contributed by atoms with Gasteiger partial charge >= 0.3 is 0 Å². The molecule has 1 amide bonds. The van der Waals surface area contributed by atoms with Crippen LogP contribution in [0.2, 0.25) is 0 Å². The third kappa shape index (κ3) is 4.73. The number of hydrogen-bond donors (Lipinski definition) is 1. The predicted molar refractivity (Wildman–Crippen MR) is 125 cm³/mol. The second-order valence-electron chi connectivity index (χ2n) is 8.00. The summed E-state index contributed by atoms with van der Waals surface area (Å²) in [7, 11) is 0. The molecular formula is C25H18F3N5O3. The van der Waals surface area contributed by atoms with Gasteiger partial charge in [-0.05, 0) is 36.4 Å². The number of anilines is 2. The number of amides is 1. The zero-order valence-corrected chi connectivity index (χ0v) is 18.7. The van der Waals surface area contributed by atoms with Crippen LogP contribution >= 0.6 is 0 Å². The molecule has 5 rings (SSSR count). The van der Waals surface area contributed by atoms with Gasteiger partial charge in [0.2, 0.25) is 5.78 Å². The van der Waals surface area contributed by atoms with Gasteiger partial charge < -0.3 is 15.0 Å². The van der Waals surface area contributed by atoms with E-state index in [1.165, 1.54) is 24.4 Å². The Morgan fingerprint density at radius 1 is 0.917 bits per heavy atom. The van der Waals surface area contributed by atoms with Crippen molar-refractivity contribution in [1.82, 2.24) is 15.0 Å². The molecule has 8 nitrogen and oxygen atoms in total. The number of ether oxygens (including phenoxy) is 1. The molecule has 0 radical (unpaired) electrons. The van der Waals surface area contributed by atoms with Crippen molar-refractivity contribution in [2.75, 3.05) is 36.5 Å². The number of benzene rings is 2. The van der Waals surface area contributed by atoms with Gasteiger partial charge in [-0.2, -0.15) is 0 Å². The second kappa shape index (κ2) is 9.70. The van der Waals surface area contributed by atoms with Crippen LogP contribution < -0.4 is 10.2 Å². The first-order chi connectivity index (χ1) is 17.4. The van der Waals surface area contributed by atoms with Crippen molar-refractivity contribution in [2.24, 2.45) is 0 Å². The number of fused-ring (bicyclic) bond motifs is 1. The summed E-state index contributed by atoms with van der Waals surface area (Å²) >= 11 is 0. The summed E-state index contributed by atoms with van der Waals surface area (Å²) in [4.78, 5) is 40.4. The van der Waals surface area contributed by atoms with Crippen LogP contribution in [0.1, 0.15) is 26.4 Å². The zero-order chi connectivity index (χ0) is 25.2. The van der Waals surface area contributed by atoms with Crippen molar-refractivity contribution in [2.45, 2.75) is 0 Å². The van der Waals surface area contributed by atoms with Crippen LogP contribution in [-0.2, 0) is 4.74 Å². The van der Waals surface area contributed by atoms with Crippen LogP contribution in [0.5, 0.6) is 0 Å². The quantitative estimate of drug-likeness (QED) is 0.423. The molecule has 4 aromatic rings. The van der Waals surface area contributed by atoms with Gasteiger partial charge in [0.25, 0.3) is 5.91 Å². The lowest BCUT2D eigenvalue weighted by molar-refractivity contribution is 0.101. The first-order valence-electron chi connectivity index (χ1n) is 11.0. The van der Waals surface area contributed by atoms with Crippen LogP contribution in [0.4, 0.5) is 24.7 Å². The first kappa shape index (κ1) is 23.4. The number of carbonyl (C=O) groups is 2. The van der Waals surface area contributed by atoms with E-state index >= 15 is 0 Å². The number of morpholine rings is 1. The Bertz CT molecular complexity index is 1470. The monoisotopic (exact) mass is 493 g/mol. The lowest BCUT2D eigenvalue weighted by atomic mass is 10.0. The molecule has 36 heavy (non-hydrogen) atoms. The molecule has 0 atom stereocenters. The molecule has 0 unspecified atom stereocenters. The summed E-state index contributed by atoms with van der Waals surface area (Å²) in [5.74, 6) is -4.23. The predicted octanol–water partition coefficient (Wildman–Crippen LogP) is 3.76. The lowest BCUT2D eigenvalue weighted by Crippen LogP contribution is -2.36. The number of hydrogen-bond acceptors (Lipinski definition) is 7. The van der Waals surface area contributed by atoms with E-state index in [1.54, 1.807) is 6.20 Å². The number of nitrogens with one attached hydrogen (secondary N) is 1. The summed E-state index contributed by atoms with van der Waals surface area (Å²) < 4.78 is 47.4. The van der Waals surface area contributed by atoms with E-state index < -0.39 is 34.7 Å². The van der Waals surface area contributed by atoms with Gasteiger partial charge in [-0.15, -0.1) is 0 Å². The number of nitrogens with zero attached hydrogens (tertiary/aromatic N) is 4. The van der Waals surface area contributed by atoms with Gasteiger partial charge in [-0.25, -0.2) is 23.1 Å². The normalized spacial score (nSPS) is 13.6. The summed E-state index contributed by atoms with van der Waals surface area (Å²) in [6.07, 6.45) is 2.92. The van der Waals surface area contributed by atoms with Gasteiger partial charge in [0.05, 0.1) is 36.7 Å². The minimum Gasteiger partial charge on any atom is -0.378 e. The van der Waals surface area contributed by atoms with Crippen LogP contribution in [-0.4, -0.2) is 52.9 Å². The maximum absolute atomic E-state index is 14.6. The largest absolute Gasteiger partial charge is 0.378 e. The van der Waals surface area contributed by atoms with E-state index in [9.17, 15) is 22.8 Å². The molecule has 2 aromatic heterocycles. The van der Waals surface area contributed by atoms with Gasteiger partial charge in [-0.1, -0.05) is 0 Å². The highest BCUT2D eigenvalue weighted by molar-refractivity contribution is 6.10. The fourth-order valence-corrected chi connectivity index (χ4v) is 3.74. The van der Waals surface area contributed by atoms with E-state index in [1.807, 2.05) is 4.90 Å². The minimum absolute atomic E-state index is 0.0971. The average molecular weight is 493 g/mol. The topological polar surface area (TPSA) is 97.3 Å². The molecule has 11 heteroatoms. The summed E-state index contributed by atoms with van der Waals surface area (Å²) in [5.41, 5.74) is -0.0547. The number of rotatable bonds is 5. The average Bonchev–Trinajstić information content (AvgIpc) is 2.90. The molecule has 3 heterocycles. The second-order valence-corrected chi connectivity index (χ2v) is 8.00. The van der Waals surface area contributed by atoms with Crippen molar-refractivity contribution in [3.05, 3.63) is 89.1 Å². The molecule has 0 saturated carbocycles. The van der Waals surface area contributed by atoms with E-state index in [2.05, 4.69) is 20.3 Å². The Morgan fingerprint density at radius 3 is 2.42 bits per heavy atom. The highest BCUT2D eigenvalue weighted by atomic mass is 19.2. The van der Waals surface area contributed by atoms with Gasteiger partial charge in [-0.3, -0.25) is 14.6 Å². The number of pyridine rings is 1. The Kier molecular flexibility index (Phi) is 6.30. The molecule has 0 spiro atoms.